The van der Waals surface area contributed by atoms with E-state index >= 15 is 0 Å². The smallest absolute Gasteiger partial charge is 0.323 e. The zero-order chi connectivity index (χ0) is 34.8. The van der Waals surface area contributed by atoms with E-state index in [1.807, 2.05) is 13.8 Å². The van der Waals surface area contributed by atoms with E-state index in [-0.39, 0.29) is 54.8 Å². The number of carbonyl (C=O) groups is 3. The van der Waals surface area contributed by atoms with Crippen molar-refractivity contribution in [2.75, 3.05) is 44.0 Å². The minimum Gasteiger partial charge on any atom is -0.490 e. The number of nitrogens with one attached hydrogen (secondary N) is 3. The molecular formula is C35H54N6O7. The number of carbonyl (C=O) groups excluding carboxylic acids is 3. The number of fused-ring (bicyclic) bond motifs is 1. The molecule has 1 saturated carbocycles. The number of amides is 5. The second-order valence-electron chi connectivity index (χ2n) is 13.5. The Balaban J connectivity index is 1.57. The Labute approximate surface area is 284 Å². The fourth-order valence-electron chi connectivity index (χ4n) is 6.28. The van der Waals surface area contributed by atoms with Crippen molar-refractivity contribution < 1.29 is 33.5 Å². The molecule has 2 aliphatic rings. The predicted molar refractivity (Wildman–Crippen MR) is 184 cm³/mol. The topological polar surface area (TPSA) is 158 Å². The van der Waals surface area contributed by atoms with Gasteiger partial charge in [-0.3, -0.25) is 4.79 Å². The van der Waals surface area contributed by atoms with Crippen molar-refractivity contribution in [3.05, 3.63) is 35.2 Å². The lowest BCUT2D eigenvalue weighted by atomic mass is 9.96. The first-order chi connectivity index (χ1) is 23.0. The van der Waals surface area contributed by atoms with Crippen LogP contribution in [0.3, 0.4) is 0 Å². The highest BCUT2D eigenvalue weighted by Crippen LogP contribution is 2.29. The SMILES string of the molecule is Cc1noc(C)c1NC(=O)Nc1ccc2c(c1)C(=O)N([C@H](C)CO)C[C@H](C)[C@@H](CN(C)C(=O)NC1CCCCC1)OCCCC[C@@H](C)O2. The number of nitrogens with zero attached hydrogens (tertiary/aromatic N) is 3. The van der Waals surface area contributed by atoms with Crippen LogP contribution in [0.5, 0.6) is 5.75 Å². The number of ether oxygens (including phenoxy) is 2. The van der Waals surface area contributed by atoms with Crippen molar-refractivity contribution in [1.29, 1.82) is 0 Å². The Morgan fingerprint density at radius 1 is 1.08 bits per heavy atom. The largest absolute Gasteiger partial charge is 0.490 e. The summed E-state index contributed by atoms with van der Waals surface area (Å²) < 4.78 is 17.8. The summed E-state index contributed by atoms with van der Waals surface area (Å²) in [7, 11) is 1.78. The average Bonchev–Trinajstić information content (AvgIpc) is 3.38. The first-order valence-corrected chi connectivity index (χ1v) is 17.3. The maximum absolute atomic E-state index is 14.4. The van der Waals surface area contributed by atoms with Crippen molar-refractivity contribution in [3.8, 4) is 5.75 Å². The zero-order valence-corrected chi connectivity index (χ0v) is 29.3. The van der Waals surface area contributed by atoms with Crippen LogP contribution < -0.4 is 20.7 Å². The molecule has 0 bridgehead atoms. The van der Waals surface area contributed by atoms with E-state index in [4.69, 9.17) is 14.0 Å². The molecule has 0 unspecified atom stereocenters. The average molecular weight is 671 g/mol. The Kier molecular flexibility index (Phi) is 13.5. The van der Waals surface area contributed by atoms with E-state index in [1.54, 1.807) is 55.8 Å². The van der Waals surface area contributed by atoms with Crippen molar-refractivity contribution >= 4 is 29.3 Å². The van der Waals surface area contributed by atoms with Crippen LogP contribution in [0.1, 0.15) is 93.9 Å². The molecule has 4 rings (SSSR count). The molecule has 1 aromatic heterocycles. The lowest BCUT2D eigenvalue weighted by molar-refractivity contribution is -0.0123. The highest BCUT2D eigenvalue weighted by Gasteiger charge is 2.31. The van der Waals surface area contributed by atoms with Gasteiger partial charge in [-0.25, -0.2) is 9.59 Å². The lowest BCUT2D eigenvalue weighted by Crippen LogP contribution is -2.50. The number of aliphatic hydroxyl groups is 1. The van der Waals surface area contributed by atoms with E-state index in [0.29, 0.717) is 41.7 Å². The molecule has 1 aliphatic carbocycles. The first kappa shape index (κ1) is 37.0. The number of likely N-dealkylation sites (N-methyl/N-ethyl adjacent to an activating group) is 1. The van der Waals surface area contributed by atoms with Gasteiger partial charge in [-0.05, 0) is 78.0 Å². The number of benzene rings is 1. The molecule has 4 N–H and O–H groups in total. The normalized spacial score (nSPS) is 22.1. The van der Waals surface area contributed by atoms with Crippen LogP contribution in [-0.4, -0.2) is 95.7 Å². The number of anilines is 2. The summed E-state index contributed by atoms with van der Waals surface area (Å²) in [6, 6.07) is 4.02. The van der Waals surface area contributed by atoms with E-state index in [1.165, 1.54) is 6.42 Å². The van der Waals surface area contributed by atoms with E-state index in [2.05, 4.69) is 21.1 Å². The van der Waals surface area contributed by atoms with Gasteiger partial charge in [-0.2, -0.15) is 0 Å². The summed E-state index contributed by atoms with van der Waals surface area (Å²) in [6.07, 6.45) is 7.37. The highest BCUT2D eigenvalue weighted by molar-refractivity contribution is 6.03. The fourth-order valence-corrected chi connectivity index (χ4v) is 6.28. The van der Waals surface area contributed by atoms with Crippen LogP contribution in [0.4, 0.5) is 21.0 Å². The van der Waals surface area contributed by atoms with E-state index in [0.717, 1.165) is 44.9 Å². The third-order valence-electron chi connectivity index (χ3n) is 9.31. The van der Waals surface area contributed by atoms with E-state index in [9.17, 15) is 19.5 Å². The summed E-state index contributed by atoms with van der Waals surface area (Å²) in [5, 5.41) is 22.8. The lowest BCUT2D eigenvalue weighted by Gasteiger charge is -2.36. The van der Waals surface area contributed by atoms with Crippen LogP contribution in [0, 0.1) is 19.8 Å². The molecule has 48 heavy (non-hydrogen) atoms. The van der Waals surface area contributed by atoms with E-state index < -0.39 is 12.1 Å². The molecule has 13 nitrogen and oxygen atoms in total. The van der Waals surface area contributed by atoms with Gasteiger partial charge in [0.25, 0.3) is 5.91 Å². The van der Waals surface area contributed by atoms with Crippen LogP contribution in [0.15, 0.2) is 22.7 Å². The molecule has 2 aromatic rings. The zero-order valence-electron chi connectivity index (χ0n) is 29.3. The minimum absolute atomic E-state index is 0.118. The number of rotatable bonds is 7. The van der Waals surface area contributed by atoms with Crippen LogP contribution in [0.2, 0.25) is 0 Å². The van der Waals surface area contributed by atoms with Gasteiger partial charge in [0, 0.05) is 44.4 Å². The number of aromatic nitrogens is 1. The highest BCUT2D eigenvalue weighted by atomic mass is 16.5. The Hall–Kier alpha value is -3.84. The third kappa shape index (κ3) is 10.1. The van der Waals surface area contributed by atoms with Crippen molar-refractivity contribution in [2.45, 2.75) is 110 Å². The van der Waals surface area contributed by atoms with Crippen molar-refractivity contribution in [2.24, 2.45) is 5.92 Å². The van der Waals surface area contributed by atoms with Crippen LogP contribution in [0.25, 0.3) is 0 Å². The Morgan fingerprint density at radius 2 is 1.81 bits per heavy atom. The summed E-state index contributed by atoms with van der Waals surface area (Å²) in [5.74, 6) is 0.349. The maximum Gasteiger partial charge on any atom is 0.323 e. The van der Waals surface area contributed by atoms with Gasteiger partial charge in [-0.1, -0.05) is 31.3 Å². The van der Waals surface area contributed by atoms with Crippen LogP contribution >= 0.6 is 0 Å². The number of hydrogen-bond donors (Lipinski definition) is 4. The Morgan fingerprint density at radius 3 is 2.50 bits per heavy atom. The van der Waals surface area contributed by atoms with Gasteiger partial charge in [0.1, 0.15) is 17.1 Å². The molecule has 1 fully saturated rings. The first-order valence-electron chi connectivity index (χ1n) is 17.3. The molecule has 13 heteroatoms. The van der Waals surface area contributed by atoms with Crippen molar-refractivity contribution in [3.63, 3.8) is 0 Å². The minimum atomic E-state index is -0.523. The van der Waals surface area contributed by atoms with Gasteiger partial charge < -0.3 is 44.9 Å². The molecule has 0 saturated heterocycles. The molecule has 4 atom stereocenters. The summed E-state index contributed by atoms with van der Waals surface area (Å²) >= 11 is 0. The van der Waals surface area contributed by atoms with Gasteiger partial charge >= 0.3 is 12.1 Å². The number of hydrogen-bond acceptors (Lipinski definition) is 8. The molecule has 1 aliphatic heterocycles. The number of aliphatic hydroxyl groups excluding tert-OH is 1. The Bertz CT molecular complexity index is 1360. The van der Waals surface area contributed by atoms with Gasteiger partial charge in [0.2, 0.25) is 0 Å². The monoisotopic (exact) mass is 670 g/mol. The molecular weight excluding hydrogens is 616 g/mol. The molecule has 266 valence electrons. The summed E-state index contributed by atoms with van der Waals surface area (Å²) in [5.41, 5.74) is 1.68. The molecule has 5 amide bonds. The van der Waals surface area contributed by atoms with Gasteiger partial charge in [0.15, 0.2) is 5.76 Å². The fraction of sp³-hybridized carbons (Fsp3) is 0.657. The number of urea groups is 2. The second kappa shape index (κ2) is 17.5. The van der Waals surface area contributed by atoms with Crippen LogP contribution in [-0.2, 0) is 4.74 Å². The standard InChI is InChI=1S/C35H54N6O7/c1-22-19-41(23(2)21-42)33(43)29-18-28(36-34(44)38-32-25(4)39-48-26(32)5)15-16-30(29)47-24(3)12-10-11-17-46-31(22)20-40(6)35(45)37-27-13-8-7-9-14-27/h15-16,18,22-24,27,31,42H,7-14,17,19-21H2,1-6H3,(H,37,45)(H2,36,38,44)/t22-,23+,24+,31+/m0/s1. The van der Waals surface area contributed by atoms with Crippen molar-refractivity contribution in [1.82, 2.24) is 20.3 Å². The maximum atomic E-state index is 14.4. The second-order valence-corrected chi connectivity index (χ2v) is 13.5. The number of aryl methyl sites for hydroxylation is 2. The quantitative estimate of drug-likeness (QED) is 0.292. The van der Waals surface area contributed by atoms with Gasteiger partial charge in [-0.15, -0.1) is 0 Å². The summed E-state index contributed by atoms with van der Waals surface area (Å²) in [4.78, 5) is 43.7. The molecule has 0 radical (unpaired) electrons. The molecule has 1 aromatic carbocycles. The van der Waals surface area contributed by atoms with Gasteiger partial charge in [0.05, 0.1) is 30.4 Å². The molecule has 2 heterocycles. The third-order valence-corrected chi connectivity index (χ3v) is 9.31. The molecule has 0 spiro atoms. The summed E-state index contributed by atoms with van der Waals surface area (Å²) in [6.45, 7) is 10.1. The predicted octanol–water partition coefficient (Wildman–Crippen LogP) is 5.71.